The number of hydrogen-bond donors (Lipinski definition) is 0. The van der Waals surface area contributed by atoms with E-state index in [1.165, 1.54) is 6.07 Å². The van der Waals surface area contributed by atoms with Crippen LogP contribution in [0.1, 0.15) is 35.1 Å². The van der Waals surface area contributed by atoms with E-state index in [1.54, 1.807) is 11.5 Å². The van der Waals surface area contributed by atoms with Gasteiger partial charge in [-0.1, -0.05) is 0 Å². The largest absolute Gasteiger partial charge is 0.462 e. The number of carbonyl (C=O) groups is 1. The van der Waals surface area contributed by atoms with Gasteiger partial charge in [0.25, 0.3) is 0 Å². The van der Waals surface area contributed by atoms with Crippen molar-refractivity contribution in [1.82, 2.24) is 9.55 Å². The third-order valence-corrected chi connectivity index (χ3v) is 5.62. The lowest BCUT2D eigenvalue weighted by atomic mass is 10.1. The molecule has 2 heterocycles. The summed E-state index contributed by atoms with van der Waals surface area (Å²) in [5, 5.41) is 0. The summed E-state index contributed by atoms with van der Waals surface area (Å²) in [6.45, 7) is 2.81. The molecule has 0 amide bonds. The van der Waals surface area contributed by atoms with Crippen LogP contribution in [0.5, 0.6) is 0 Å². The van der Waals surface area contributed by atoms with E-state index in [0.29, 0.717) is 24.5 Å². The maximum atomic E-state index is 14.8. The number of aromatic nitrogens is 2. The summed E-state index contributed by atoms with van der Waals surface area (Å²) >= 11 is 2.96. The fourth-order valence-electron chi connectivity index (χ4n) is 3.40. The van der Waals surface area contributed by atoms with Crippen molar-refractivity contribution in [3.05, 3.63) is 63.1 Å². The maximum Gasteiger partial charge on any atom is 0.338 e. The minimum Gasteiger partial charge on any atom is -0.462 e. The second-order valence-corrected chi connectivity index (χ2v) is 7.86. The molecule has 1 atom stereocenters. The molecule has 1 aliphatic heterocycles. The predicted octanol–water partition coefficient (Wildman–Crippen LogP) is 4.77. The smallest absolute Gasteiger partial charge is 0.338 e. The van der Waals surface area contributed by atoms with Gasteiger partial charge >= 0.3 is 5.97 Å². The molecule has 3 aromatic rings. The Morgan fingerprint density at radius 2 is 2.00 bits per heavy atom. The molecule has 0 bridgehead atoms. The zero-order chi connectivity index (χ0) is 21.4. The third-order valence-electron chi connectivity index (χ3n) is 5.02. The molecule has 1 aliphatic rings. The van der Waals surface area contributed by atoms with Crippen molar-refractivity contribution < 1.29 is 27.4 Å². The minimum atomic E-state index is -0.687. The van der Waals surface area contributed by atoms with E-state index in [-0.39, 0.29) is 40.2 Å². The molecule has 0 aliphatic carbocycles. The van der Waals surface area contributed by atoms with Gasteiger partial charge in [0.2, 0.25) is 0 Å². The summed E-state index contributed by atoms with van der Waals surface area (Å²) in [6.07, 6.45) is 0.674. The second-order valence-electron chi connectivity index (χ2n) is 7.00. The highest BCUT2D eigenvalue weighted by atomic mass is 79.9. The van der Waals surface area contributed by atoms with Crippen molar-refractivity contribution in [2.24, 2.45) is 0 Å². The molecule has 1 fully saturated rings. The first kappa shape index (κ1) is 20.9. The van der Waals surface area contributed by atoms with Gasteiger partial charge in [-0.25, -0.2) is 22.9 Å². The van der Waals surface area contributed by atoms with E-state index in [1.807, 2.05) is 0 Å². The number of esters is 1. The van der Waals surface area contributed by atoms with Crippen LogP contribution in [-0.2, 0) is 22.4 Å². The molecular weight excluding hydrogens is 465 g/mol. The van der Waals surface area contributed by atoms with Gasteiger partial charge in [0.1, 0.15) is 23.0 Å². The zero-order valence-corrected chi connectivity index (χ0v) is 17.6. The number of ether oxygens (including phenoxy) is 2. The number of carbonyl (C=O) groups excluding carboxylic acids is 1. The highest BCUT2D eigenvalue weighted by Gasteiger charge is 2.25. The van der Waals surface area contributed by atoms with Crippen molar-refractivity contribution in [3.63, 3.8) is 0 Å². The van der Waals surface area contributed by atoms with Crippen LogP contribution < -0.4 is 0 Å². The zero-order valence-electron chi connectivity index (χ0n) is 16.1. The van der Waals surface area contributed by atoms with Gasteiger partial charge in [-0.3, -0.25) is 0 Å². The molecule has 30 heavy (non-hydrogen) atoms. The standard InChI is InChI=1S/C21H18BrF3N2O3/c1-2-29-21(28)12-6-17(25)20-18(7-12)27(10-13-3-4-30-13)19(26-20)8-11-5-16(24)14(22)9-15(11)23/h5-7,9,13H,2-4,8,10H2,1H3. The first-order chi connectivity index (χ1) is 14.4. The maximum absolute atomic E-state index is 14.8. The fraction of sp³-hybridized carbons (Fsp3) is 0.333. The van der Waals surface area contributed by atoms with Gasteiger partial charge < -0.3 is 14.0 Å². The summed E-state index contributed by atoms with van der Waals surface area (Å²) in [4.78, 5) is 16.5. The molecule has 9 heteroatoms. The quantitative estimate of drug-likeness (QED) is 0.375. The number of halogens is 4. The van der Waals surface area contributed by atoms with Gasteiger partial charge in [-0.15, -0.1) is 0 Å². The van der Waals surface area contributed by atoms with E-state index in [2.05, 4.69) is 20.9 Å². The topological polar surface area (TPSA) is 53.3 Å². The number of nitrogens with zero attached hydrogens (tertiary/aromatic N) is 2. The fourth-order valence-corrected chi connectivity index (χ4v) is 3.72. The lowest BCUT2D eigenvalue weighted by Crippen LogP contribution is -2.31. The Hall–Kier alpha value is -2.39. The van der Waals surface area contributed by atoms with E-state index < -0.39 is 23.4 Å². The lowest BCUT2D eigenvalue weighted by molar-refractivity contribution is -0.0589. The van der Waals surface area contributed by atoms with Crippen LogP contribution in [0.15, 0.2) is 28.7 Å². The highest BCUT2D eigenvalue weighted by molar-refractivity contribution is 9.10. The molecule has 0 saturated carbocycles. The van der Waals surface area contributed by atoms with Gasteiger partial charge in [0, 0.05) is 13.0 Å². The Morgan fingerprint density at radius 3 is 2.67 bits per heavy atom. The minimum absolute atomic E-state index is 0.0187. The monoisotopic (exact) mass is 482 g/mol. The Morgan fingerprint density at radius 1 is 1.23 bits per heavy atom. The van der Waals surface area contributed by atoms with Gasteiger partial charge in [-0.05, 0) is 59.1 Å². The van der Waals surface area contributed by atoms with Crippen molar-refractivity contribution in [3.8, 4) is 0 Å². The van der Waals surface area contributed by atoms with Gasteiger partial charge in [0.05, 0.1) is 34.8 Å². The van der Waals surface area contributed by atoms with Crippen LogP contribution in [0.4, 0.5) is 13.2 Å². The van der Waals surface area contributed by atoms with Crippen LogP contribution in [-0.4, -0.2) is 34.8 Å². The number of fused-ring (bicyclic) bond motifs is 1. The molecule has 0 N–H and O–H groups in total. The molecular formula is C21H18BrF3N2O3. The molecule has 4 rings (SSSR count). The molecule has 5 nitrogen and oxygen atoms in total. The van der Waals surface area contributed by atoms with Crippen molar-refractivity contribution in [2.45, 2.75) is 32.4 Å². The van der Waals surface area contributed by atoms with Crippen LogP contribution in [0.3, 0.4) is 0 Å². The summed E-state index contributed by atoms with van der Waals surface area (Å²) < 4.78 is 55.3. The number of benzene rings is 2. The molecule has 1 saturated heterocycles. The first-order valence-corrected chi connectivity index (χ1v) is 10.3. The SMILES string of the molecule is CCOC(=O)c1cc(F)c2nc(Cc3cc(F)c(Br)cc3F)n(CC3CCO3)c2c1. The van der Waals surface area contributed by atoms with Crippen molar-refractivity contribution >= 4 is 32.9 Å². The van der Waals surface area contributed by atoms with E-state index >= 15 is 0 Å². The molecule has 2 aromatic carbocycles. The van der Waals surface area contributed by atoms with Gasteiger partial charge in [0.15, 0.2) is 5.82 Å². The van der Waals surface area contributed by atoms with Crippen LogP contribution in [0.2, 0.25) is 0 Å². The first-order valence-electron chi connectivity index (χ1n) is 9.48. The van der Waals surface area contributed by atoms with Crippen LogP contribution >= 0.6 is 15.9 Å². The lowest BCUT2D eigenvalue weighted by Gasteiger charge is -2.27. The Kier molecular flexibility index (Phi) is 5.84. The summed E-state index contributed by atoms with van der Waals surface area (Å²) in [6, 6.07) is 4.71. The molecule has 1 aromatic heterocycles. The Balaban J connectivity index is 1.81. The molecule has 0 spiro atoms. The van der Waals surface area contributed by atoms with E-state index in [9.17, 15) is 18.0 Å². The Bertz CT molecular complexity index is 1130. The molecule has 158 valence electrons. The number of imidazole rings is 1. The predicted molar refractivity (Wildman–Crippen MR) is 107 cm³/mol. The molecule has 0 radical (unpaired) electrons. The van der Waals surface area contributed by atoms with E-state index in [4.69, 9.17) is 9.47 Å². The van der Waals surface area contributed by atoms with Crippen LogP contribution in [0, 0.1) is 17.5 Å². The average molecular weight is 483 g/mol. The normalized spacial score (nSPS) is 16.0. The van der Waals surface area contributed by atoms with Crippen LogP contribution in [0.25, 0.3) is 11.0 Å². The Labute approximate surface area is 178 Å². The van der Waals surface area contributed by atoms with Gasteiger partial charge in [-0.2, -0.15) is 0 Å². The second kappa shape index (κ2) is 8.39. The summed E-state index contributed by atoms with van der Waals surface area (Å²) in [5.41, 5.74) is 0.578. The highest BCUT2D eigenvalue weighted by Crippen LogP contribution is 2.28. The summed E-state index contributed by atoms with van der Waals surface area (Å²) in [5.74, 6) is -2.19. The molecule has 1 unspecified atom stereocenters. The van der Waals surface area contributed by atoms with Crippen molar-refractivity contribution in [1.29, 1.82) is 0 Å². The van der Waals surface area contributed by atoms with E-state index in [0.717, 1.165) is 24.6 Å². The third kappa shape index (κ3) is 3.96. The number of hydrogen-bond acceptors (Lipinski definition) is 4. The van der Waals surface area contributed by atoms with Crippen molar-refractivity contribution in [2.75, 3.05) is 13.2 Å². The summed E-state index contributed by atoms with van der Waals surface area (Å²) in [7, 11) is 0. The average Bonchev–Trinajstić information content (AvgIpc) is 3.00. The number of rotatable bonds is 6.